The van der Waals surface area contributed by atoms with Crippen LogP contribution in [0.5, 0.6) is 11.5 Å². The van der Waals surface area contributed by atoms with Crippen LogP contribution in [0.1, 0.15) is 21.5 Å². The zero-order chi connectivity index (χ0) is 14.5. The standard InChI is InChI=1S/C16H16O4/c1-11-4-3-5-12(8-11)10-20-15-9-13(19-2)6-7-14(15)16(17)18/h3-9H,10H2,1-2H3,(H,17,18). The molecule has 0 amide bonds. The van der Waals surface area contributed by atoms with E-state index in [1.165, 1.54) is 13.2 Å². The average molecular weight is 272 g/mol. The molecule has 1 N–H and O–H groups in total. The van der Waals surface area contributed by atoms with Crippen LogP contribution in [-0.2, 0) is 6.61 Å². The first-order chi connectivity index (χ1) is 9.60. The Bertz CT molecular complexity index is 620. The molecule has 2 aromatic rings. The summed E-state index contributed by atoms with van der Waals surface area (Å²) in [6.07, 6.45) is 0. The van der Waals surface area contributed by atoms with Gasteiger partial charge in [0, 0.05) is 6.07 Å². The minimum Gasteiger partial charge on any atom is -0.497 e. The molecule has 0 heterocycles. The summed E-state index contributed by atoms with van der Waals surface area (Å²) >= 11 is 0. The largest absolute Gasteiger partial charge is 0.497 e. The molecule has 0 radical (unpaired) electrons. The van der Waals surface area contributed by atoms with Crippen molar-refractivity contribution in [1.29, 1.82) is 0 Å². The topological polar surface area (TPSA) is 55.8 Å². The molecular weight excluding hydrogens is 256 g/mol. The van der Waals surface area contributed by atoms with Crippen LogP contribution in [0.15, 0.2) is 42.5 Å². The first-order valence-electron chi connectivity index (χ1n) is 6.20. The van der Waals surface area contributed by atoms with Gasteiger partial charge in [0.15, 0.2) is 0 Å². The maximum Gasteiger partial charge on any atom is 0.339 e. The zero-order valence-corrected chi connectivity index (χ0v) is 11.4. The van der Waals surface area contributed by atoms with Crippen molar-refractivity contribution in [2.45, 2.75) is 13.5 Å². The highest BCUT2D eigenvalue weighted by Crippen LogP contribution is 2.25. The van der Waals surface area contributed by atoms with Gasteiger partial charge in [0.05, 0.1) is 7.11 Å². The fourth-order valence-corrected chi connectivity index (χ4v) is 1.89. The third-order valence-corrected chi connectivity index (χ3v) is 2.90. The Morgan fingerprint density at radius 2 is 2.00 bits per heavy atom. The molecule has 0 aliphatic rings. The number of rotatable bonds is 5. The van der Waals surface area contributed by atoms with Gasteiger partial charge in [-0.1, -0.05) is 29.8 Å². The second-order valence-corrected chi connectivity index (χ2v) is 4.44. The first kappa shape index (κ1) is 13.9. The molecule has 4 nitrogen and oxygen atoms in total. The summed E-state index contributed by atoms with van der Waals surface area (Å²) in [7, 11) is 1.53. The molecule has 0 aliphatic carbocycles. The molecule has 104 valence electrons. The van der Waals surface area contributed by atoms with Gasteiger partial charge in [0.25, 0.3) is 0 Å². The molecular formula is C16H16O4. The van der Waals surface area contributed by atoms with E-state index in [0.717, 1.165) is 11.1 Å². The van der Waals surface area contributed by atoms with Crippen molar-refractivity contribution in [2.24, 2.45) is 0 Å². The van der Waals surface area contributed by atoms with E-state index in [9.17, 15) is 4.79 Å². The van der Waals surface area contributed by atoms with Crippen LogP contribution >= 0.6 is 0 Å². The van der Waals surface area contributed by atoms with Crippen LogP contribution < -0.4 is 9.47 Å². The maximum absolute atomic E-state index is 11.2. The monoisotopic (exact) mass is 272 g/mol. The molecule has 2 aromatic carbocycles. The summed E-state index contributed by atoms with van der Waals surface area (Å²) in [5, 5.41) is 9.15. The van der Waals surface area contributed by atoms with Crippen molar-refractivity contribution in [1.82, 2.24) is 0 Å². The van der Waals surface area contributed by atoms with Gasteiger partial charge in [0.2, 0.25) is 0 Å². The first-order valence-corrected chi connectivity index (χ1v) is 6.20. The quantitative estimate of drug-likeness (QED) is 0.907. The summed E-state index contributed by atoms with van der Waals surface area (Å²) < 4.78 is 10.7. The Morgan fingerprint density at radius 3 is 2.65 bits per heavy atom. The second-order valence-electron chi connectivity index (χ2n) is 4.44. The van der Waals surface area contributed by atoms with Gasteiger partial charge in [-0.2, -0.15) is 0 Å². The van der Waals surface area contributed by atoms with Crippen molar-refractivity contribution >= 4 is 5.97 Å². The SMILES string of the molecule is COc1ccc(C(=O)O)c(OCc2cccc(C)c2)c1. The minimum absolute atomic E-state index is 0.124. The highest BCUT2D eigenvalue weighted by atomic mass is 16.5. The molecule has 2 rings (SSSR count). The highest BCUT2D eigenvalue weighted by molar-refractivity contribution is 5.91. The van der Waals surface area contributed by atoms with E-state index in [1.54, 1.807) is 12.1 Å². The van der Waals surface area contributed by atoms with Crippen LogP contribution in [0.4, 0.5) is 0 Å². The van der Waals surface area contributed by atoms with Crippen molar-refractivity contribution in [3.05, 3.63) is 59.2 Å². The zero-order valence-electron chi connectivity index (χ0n) is 11.4. The number of hydrogen-bond donors (Lipinski definition) is 1. The summed E-state index contributed by atoms with van der Waals surface area (Å²) in [6.45, 7) is 2.31. The van der Waals surface area contributed by atoms with Gasteiger partial charge in [-0.05, 0) is 24.6 Å². The van der Waals surface area contributed by atoms with Crippen LogP contribution in [-0.4, -0.2) is 18.2 Å². The van der Waals surface area contributed by atoms with Crippen LogP contribution in [0.3, 0.4) is 0 Å². The maximum atomic E-state index is 11.2. The third kappa shape index (κ3) is 3.29. The molecule has 0 saturated carbocycles. The van der Waals surface area contributed by atoms with Crippen molar-refractivity contribution in [3.8, 4) is 11.5 Å². The van der Waals surface area contributed by atoms with Gasteiger partial charge in [-0.15, -0.1) is 0 Å². The van der Waals surface area contributed by atoms with E-state index in [4.69, 9.17) is 14.6 Å². The molecule has 0 aliphatic heterocycles. The highest BCUT2D eigenvalue weighted by Gasteiger charge is 2.12. The lowest BCUT2D eigenvalue weighted by Crippen LogP contribution is -2.04. The summed E-state index contributed by atoms with van der Waals surface area (Å²) in [4.78, 5) is 11.2. The van der Waals surface area contributed by atoms with Crippen LogP contribution in [0.25, 0.3) is 0 Å². The van der Waals surface area contributed by atoms with Gasteiger partial charge < -0.3 is 14.6 Å². The molecule has 0 aromatic heterocycles. The van der Waals surface area contributed by atoms with Gasteiger partial charge in [-0.3, -0.25) is 0 Å². The van der Waals surface area contributed by atoms with E-state index in [2.05, 4.69) is 0 Å². The lowest BCUT2D eigenvalue weighted by molar-refractivity contribution is 0.0691. The van der Waals surface area contributed by atoms with E-state index >= 15 is 0 Å². The molecule has 0 bridgehead atoms. The van der Waals surface area contributed by atoms with Crippen molar-refractivity contribution in [3.63, 3.8) is 0 Å². The van der Waals surface area contributed by atoms with E-state index in [0.29, 0.717) is 18.1 Å². The normalized spacial score (nSPS) is 10.1. The Balaban J connectivity index is 2.21. The number of aryl methyl sites for hydroxylation is 1. The predicted octanol–water partition coefficient (Wildman–Crippen LogP) is 3.28. The number of methoxy groups -OCH3 is 1. The number of hydrogen-bond acceptors (Lipinski definition) is 3. The minimum atomic E-state index is -1.02. The Hall–Kier alpha value is -2.49. The van der Waals surface area contributed by atoms with Crippen molar-refractivity contribution < 1.29 is 19.4 Å². The molecule has 0 unspecified atom stereocenters. The molecule has 0 saturated heterocycles. The summed E-state index contributed by atoms with van der Waals surface area (Å²) in [6, 6.07) is 12.5. The number of aromatic carboxylic acids is 1. The second kappa shape index (κ2) is 6.10. The number of carbonyl (C=O) groups is 1. The number of ether oxygens (including phenoxy) is 2. The van der Waals surface area contributed by atoms with Crippen LogP contribution in [0.2, 0.25) is 0 Å². The lowest BCUT2D eigenvalue weighted by atomic mass is 10.1. The molecule has 0 fully saturated rings. The number of benzene rings is 2. The Kier molecular flexibility index (Phi) is 4.25. The molecule has 0 spiro atoms. The average Bonchev–Trinajstić information content (AvgIpc) is 2.44. The molecule has 4 heteroatoms. The molecule has 20 heavy (non-hydrogen) atoms. The van der Waals surface area contributed by atoms with Gasteiger partial charge in [0.1, 0.15) is 23.7 Å². The van der Waals surface area contributed by atoms with Crippen molar-refractivity contribution in [2.75, 3.05) is 7.11 Å². The predicted molar refractivity (Wildman–Crippen MR) is 75.5 cm³/mol. The lowest BCUT2D eigenvalue weighted by Gasteiger charge is -2.11. The Morgan fingerprint density at radius 1 is 1.20 bits per heavy atom. The summed E-state index contributed by atoms with van der Waals surface area (Å²) in [5.41, 5.74) is 2.25. The van der Waals surface area contributed by atoms with E-state index in [-0.39, 0.29) is 5.56 Å². The fraction of sp³-hybridized carbons (Fsp3) is 0.188. The molecule has 0 atom stereocenters. The Labute approximate surface area is 117 Å². The van der Waals surface area contributed by atoms with Crippen LogP contribution in [0, 0.1) is 6.92 Å². The fourth-order valence-electron chi connectivity index (χ4n) is 1.89. The third-order valence-electron chi connectivity index (χ3n) is 2.90. The summed E-state index contributed by atoms with van der Waals surface area (Å²) in [5.74, 6) is -0.153. The van der Waals surface area contributed by atoms with E-state index < -0.39 is 5.97 Å². The van der Waals surface area contributed by atoms with Gasteiger partial charge >= 0.3 is 5.97 Å². The smallest absolute Gasteiger partial charge is 0.339 e. The number of carboxylic acid groups (broad SMARTS) is 1. The van der Waals surface area contributed by atoms with Gasteiger partial charge in [-0.25, -0.2) is 4.79 Å². The number of carboxylic acids is 1. The van der Waals surface area contributed by atoms with E-state index in [1.807, 2.05) is 31.2 Å².